The second kappa shape index (κ2) is 6.29. The molecule has 126 valence electrons. The van der Waals surface area contributed by atoms with Crippen LogP contribution in [0.15, 0.2) is 29.9 Å². The van der Waals surface area contributed by atoms with Crippen molar-refractivity contribution in [2.24, 2.45) is 0 Å². The number of rotatable bonds is 4. The van der Waals surface area contributed by atoms with Crippen LogP contribution >= 0.6 is 11.3 Å². The first-order chi connectivity index (χ1) is 12.1. The maximum Gasteiger partial charge on any atom is 0.251 e. The molecule has 0 atom stereocenters. The number of carbonyl (C=O) groups excluding carboxylic acids is 1. The van der Waals surface area contributed by atoms with Gasteiger partial charge in [0.05, 0.1) is 10.2 Å². The van der Waals surface area contributed by atoms with Gasteiger partial charge in [-0.15, -0.1) is 11.3 Å². The molecule has 5 nitrogen and oxygen atoms in total. The van der Waals surface area contributed by atoms with Crippen molar-refractivity contribution in [3.05, 3.63) is 52.2 Å². The molecule has 1 fully saturated rings. The van der Waals surface area contributed by atoms with Gasteiger partial charge in [0.1, 0.15) is 12.1 Å². The van der Waals surface area contributed by atoms with E-state index in [4.69, 9.17) is 5.73 Å². The van der Waals surface area contributed by atoms with Gasteiger partial charge in [-0.3, -0.25) is 4.79 Å². The third kappa shape index (κ3) is 3.25. The average Bonchev–Trinajstić information content (AvgIpc) is 3.31. The highest BCUT2D eigenvalue weighted by molar-refractivity contribution is 7.18. The van der Waals surface area contributed by atoms with Crippen LogP contribution in [0.1, 0.15) is 39.9 Å². The van der Waals surface area contributed by atoms with Crippen LogP contribution in [0, 0.1) is 6.92 Å². The maximum absolute atomic E-state index is 12.2. The molecule has 0 unspecified atom stereocenters. The van der Waals surface area contributed by atoms with Gasteiger partial charge in [0.25, 0.3) is 5.91 Å². The van der Waals surface area contributed by atoms with Crippen LogP contribution in [-0.4, -0.2) is 21.9 Å². The minimum absolute atomic E-state index is 0.00125. The van der Waals surface area contributed by atoms with Gasteiger partial charge < -0.3 is 11.1 Å². The average molecular weight is 350 g/mol. The van der Waals surface area contributed by atoms with E-state index < -0.39 is 0 Å². The molecule has 4 rings (SSSR count). The van der Waals surface area contributed by atoms with Gasteiger partial charge in [-0.2, -0.15) is 0 Å². The molecule has 1 aliphatic rings. The number of carbonyl (C=O) groups is 1. The van der Waals surface area contributed by atoms with Crippen molar-refractivity contribution < 1.29 is 4.79 Å². The third-order valence-electron chi connectivity index (χ3n) is 4.30. The topological polar surface area (TPSA) is 80.9 Å². The Morgan fingerprint density at radius 3 is 2.88 bits per heavy atom. The van der Waals surface area contributed by atoms with Crippen molar-refractivity contribution in [1.82, 2.24) is 15.3 Å². The summed E-state index contributed by atoms with van der Waals surface area (Å²) in [7, 11) is 0. The quantitative estimate of drug-likeness (QED) is 0.753. The SMILES string of the molecule is Cc1ccc(C(=O)NC2CC2)cc1C=Cc1csc2c(N)ncnc12. The van der Waals surface area contributed by atoms with Crippen LogP contribution in [0.3, 0.4) is 0 Å². The lowest BCUT2D eigenvalue weighted by molar-refractivity contribution is 0.0951. The van der Waals surface area contributed by atoms with Gasteiger partial charge in [0.2, 0.25) is 0 Å². The Hall–Kier alpha value is -2.73. The number of anilines is 1. The van der Waals surface area contributed by atoms with E-state index in [1.807, 2.05) is 42.7 Å². The molecule has 1 amide bonds. The van der Waals surface area contributed by atoms with E-state index >= 15 is 0 Å². The van der Waals surface area contributed by atoms with E-state index in [2.05, 4.69) is 15.3 Å². The summed E-state index contributed by atoms with van der Waals surface area (Å²) in [5.74, 6) is 0.503. The Bertz CT molecular complexity index is 988. The number of nitrogens with two attached hydrogens (primary N) is 1. The number of aromatic nitrogens is 2. The Kier molecular flexibility index (Phi) is 3.97. The number of nitrogen functional groups attached to an aromatic ring is 1. The monoisotopic (exact) mass is 350 g/mol. The lowest BCUT2D eigenvalue weighted by Crippen LogP contribution is -2.25. The fourth-order valence-corrected chi connectivity index (χ4v) is 3.53. The summed E-state index contributed by atoms with van der Waals surface area (Å²) in [6, 6.07) is 6.14. The number of amides is 1. The van der Waals surface area contributed by atoms with E-state index in [-0.39, 0.29) is 5.91 Å². The van der Waals surface area contributed by atoms with Crippen molar-refractivity contribution in [2.75, 3.05) is 5.73 Å². The number of aryl methyl sites for hydroxylation is 1. The van der Waals surface area contributed by atoms with Crippen LogP contribution in [0.2, 0.25) is 0 Å². The number of hydrogen-bond donors (Lipinski definition) is 2. The lowest BCUT2D eigenvalue weighted by atomic mass is 10.0. The normalized spacial score (nSPS) is 14.3. The molecule has 1 aromatic carbocycles. The fourth-order valence-electron chi connectivity index (χ4n) is 2.64. The lowest BCUT2D eigenvalue weighted by Gasteiger charge is -2.06. The molecular formula is C19H18N4OS. The van der Waals surface area contributed by atoms with Gasteiger partial charge in [-0.25, -0.2) is 9.97 Å². The first-order valence-electron chi connectivity index (χ1n) is 8.19. The van der Waals surface area contributed by atoms with Crippen LogP contribution in [0.4, 0.5) is 5.82 Å². The summed E-state index contributed by atoms with van der Waals surface area (Å²) in [4.78, 5) is 20.6. The van der Waals surface area contributed by atoms with Crippen LogP contribution in [0.5, 0.6) is 0 Å². The summed E-state index contributed by atoms with van der Waals surface area (Å²) < 4.78 is 0.899. The highest BCUT2D eigenvalue weighted by atomic mass is 32.1. The molecule has 6 heteroatoms. The molecule has 3 aromatic rings. The third-order valence-corrected chi connectivity index (χ3v) is 5.31. The molecule has 0 saturated heterocycles. The largest absolute Gasteiger partial charge is 0.382 e. The summed E-state index contributed by atoms with van der Waals surface area (Å²) in [5.41, 5.74) is 10.6. The Morgan fingerprint density at radius 1 is 1.28 bits per heavy atom. The smallest absolute Gasteiger partial charge is 0.251 e. The number of thiophene rings is 1. The fraction of sp³-hybridized carbons (Fsp3) is 0.211. The molecular weight excluding hydrogens is 332 g/mol. The van der Waals surface area contributed by atoms with E-state index in [0.29, 0.717) is 17.4 Å². The minimum Gasteiger partial charge on any atom is -0.382 e. The molecule has 0 spiro atoms. The van der Waals surface area contributed by atoms with E-state index in [1.165, 1.54) is 17.7 Å². The van der Waals surface area contributed by atoms with E-state index in [0.717, 1.165) is 39.7 Å². The Balaban J connectivity index is 1.63. The first-order valence-corrected chi connectivity index (χ1v) is 9.07. The maximum atomic E-state index is 12.2. The molecule has 0 bridgehead atoms. The van der Waals surface area contributed by atoms with Gasteiger partial charge in [0, 0.05) is 22.5 Å². The zero-order chi connectivity index (χ0) is 17.4. The molecule has 1 saturated carbocycles. The van der Waals surface area contributed by atoms with Crippen molar-refractivity contribution in [3.63, 3.8) is 0 Å². The number of fused-ring (bicyclic) bond motifs is 1. The van der Waals surface area contributed by atoms with Gasteiger partial charge in [0.15, 0.2) is 0 Å². The molecule has 0 aliphatic heterocycles. The summed E-state index contributed by atoms with van der Waals surface area (Å²) in [6.45, 7) is 2.04. The highest BCUT2D eigenvalue weighted by Crippen LogP contribution is 2.29. The van der Waals surface area contributed by atoms with Crippen molar-refractivity contribution >= 4 is 45.4 Å². The molecule has 3 N–H and O–H groups in total. The first kappa shape index (κ1) is 15.8. The molecule has 0 radical (unpaired) electrons. The summed E-state index contributed by atoms with van der Waals surface area (Å²) in [5, 5.41) is 5.04. The van der Waals surface area contributed by atoms with Crippen molar-refractivity contribution in [3.8, 4) is 0 Å². The van der Waals surface area contributed by atoms with Crippen LogP contribution < -0.4 is 11.1 Å². The predicted octanol–water partition coefficient (Wildman–Crippen LogP) is 3.64. The Morgan fingerprint density at radius 2 is 2.08 bits per heavy atom. The zero-order valence-corrected chi connectivity index (χ0v) is 14.6. The number of nitrogens with zero attached hydrogens (tertiary/aromatic N) is 2. The second-order valence-electron chi connectivity index (χ2n) is 6.28. The van der Waals surface area contributed by atoms with E-state index in [1.54, 1.807) is 0 Å². The minimum atomic E-state index is -0.00125. The van der Waals surface area contributed by atoms with Gasteiger partial charge in [-0.05, 0) is 43.0 Å². The molecule has 2 heterocycles. The number of hydrogen-bond acceptors (Lipinski definition) is 5. The highest BCUT2D eigenvalue weighted by Gasteiger charge is 2.23. The predicted molar refractivity (Wildman–Crippen MR) is 102 cm³/mol. The number of benzene rings is 1. The zero-order valence-electron chi connectivity index (χ0n) is 13.8. The summed E-state index contributed by atoms with van der Waals surface area (Å²) in [6.07, 6.45) is 7.68. The second-order valence-corrected chi connectivity index (χ2v) is 7.16. The van der Waals surface area contributed by atoms with Crippen LogP contribution in [0.25, 0.3) is 22.4 Å². The van der Waals surface area contributed by atoms with Crippen molar-refractivity contribution in [2.45, 2.75) is 25.8 Å². The van der Waals surface area contributed by atoms with Crippen LogP contribution in [-0.2, 0) is 0 Å². The molecule has 1 aliphatic carbocycles. The summed E-state index contributed by atoms with van der Waals surface area (Å²) >= 11 is 1.54. The molecule has 25 heavy (non-hydrogen) atoms. The standard InChI is InChI=1S/C19H18N4OS/c1-11-2-3-13(19(24)23-15-6-7-15)8-12(11)4-5-14-9-25-17-16(14)21-10-22-18(17)20/h2-5,8-10,15H,6-7H2,1H3,(H,23,24)(H2,20,21,22). The van der Waals surface area contributed by atoms with Gasteiger partial charge in [-0.1, -0.05) is 18.2 Å². The molecule has 2 aromatic heterocycles. The van der Waals surface area contributed by atoms with Gasteiger partial charge >= 0.3 is 0 Å². The number of nitrogens with one attached hydrogen (secondary N) is 1. The van der Waals surface area contributed by atoms with Crippen molar-refractivity contribution in [1.29, 1.82) is 0 Å². The Labute approximate surface area is 149 Å². The van der Waals surface area contributed by atoms with E-state index in [9.17, 15) is 4.79 Å².